The number of amides is 1. The summed E-state index contributed by atoms with van der Waals surface area (Å²) in [6, 6.07) is 8.56. The summed E-state index contributed by atoms with van der Waals surface area (Å²) in [5.41, 5.74) is 3.05. The summed E-state index contributed by atoms with van der Waals surface area (Å²) in [7, 11) is -1.91. The van der Waals surface area contributed by atoms with Gasteiger partial charge in [-0.2, -0.15) is 0 Å². The van der Waals surface area contributed by atoms with Gasteiger partial charge in [-0.1, -0.05) is 0 Å². The van der Waals surface area contributed by atoms with Crippen molar-refractivity contribution in [2.24, 2.45) is 0 Å². The van der Waals surface area contributed by atoms with E-state index in [0.717, 1.165) is 23.6 Å². The summed E-state index contributed by atoms with van der Waals surface area (Å²) < 4.78 is 42.2. The van der Waals surface area contributed by atoms with E-state index in [9.17, 15) is 17.6 Å². The van der Waals surface area contributed by atoms with Crippen molar-refractivity contribution >= 4 is 33.0 Å². The van der Waals surface area contributed by atoms with E-state index in [0.29, 0.717) is 34.5 Å². The van der Waals surface area contributed by atoms with Crippen LogP contribution < -0.4 is 24.8 Å². The first-order valence-corrected chi connectivity index (χ1v) is 11.8. The first-order chi connectivity index (χ1) is 14.2. The van der Waals surface area contributed by atoms with E-state index in [1.165, 1.54) is 16.6 Å². The average Bonchev–Trinajstić information content (AvgIpc) is 3.50. The zero-order valence-corrected chi connectivity index (χ0v) is 18.3. The van der Waals surface area contributed by atoms with Crippen molar-refractivity contribution in [2.75, 3.05) is 24.2 Å². The Morgan fingerprint density at radius 3 is 2.50 bits per heavy atom. The normalized spacial score (nSPS) is 15.5. The van der Waals surface area contributed by atoms with E-state index in [2.05, 4.69) is 5.32 Å². The monoisotopic (exact) mass is 430 g/mol. The highest BCUT2D eigenvalue weighted by Crippen LogP contribution is 2.44. The number of hydrogen-bond donors (Lipinski definition) is 1. The second-order valence-corrected chi connectivity index (χ2v) is 9.73. The third-order valence-corrected chi connectivity index (χ3v) is 6.95. The van der Waals surface area contributed by atoms with Gasteiger partial charge in [-0.15, -0.1) is 4.58 Å². The lowest BCUT2D eigenvalue weighted by Gasteiger charge is -2.24. The standard InChI is InChI=1S/C22H24FN3O3S/c1-5-25(30(4,28)29)19-12-20-17(11-16(19)14-7-8-14)21(22(27)24-3)26(20)15-9-6-13(2)18(23)10-15/h6,9-12,14H,5,7-8H2,1-4H3/p+1. The van der Waals surface area contributed by atoms with Gasteiger partial charge in [0.2, 0.25) is 21.1 Å². The quantitative estimate of drug-likeness (QED) is 0.706. The van der Waals surface area contributed by atoms with Crippen LogP contribution >= 0.6 is 0 Å². The molecule has 2 aromatic rings. The Labute approximate surface area is 175 Å². The van der Waals surface area contributed by atoms with Crippen molar-refractivity contribution in [3.05, 3.63) is 57.9 Å². The van der Waals surface area contributed by atoms with Gasteiger partial charge in [0.15, 0.2) is 0 Å². The Morgan fingerprint density at radius 2 is 1.97 bits per heavy atom. The molecule has 0 radical (unpaired) electrons. The number of fused-ring (bicyclic) bond motifs is 1. The van der Waals surface area contributed by atoms with Crippen molar-refractivity contribution in [1.29, 1.82) is 0 Å². The van der Waals surface area contributed by atoms with E-state index >= 15 is 0 Å². The molecule has 2 aliphatic rings. The molecule has 0 saturated heterocycles. The molecular weight excluding hydrogens is 405 g/mol. The maximum absolute atomic E-state index is 14.3. The zero-order valence-electron chi connectivity index (χ0n) is 17.5. The van der Waals surface area contributed by atoms with Gasteiger partial charge in [0.05, 0.1) is 11.9 Å². The van der Waals surface area contributed by atoms with Gasteiger partial charge in [0.1, 0.15) is 11.0 Å². The van der Waals surface area contributed by atoms with E-state index in [1.807, 2.05) is 12.1 Å². The predicted molar refractivity (Wildman–Crippen MR) is 115 cm³/mol. The lowest BCUT2D eigenvalue weighted by molar-refractivity contribution is -0.115. The highest BCUT2D eigenvalue weighted by atomic mass is 32.2. The average molecular weight is 431 g/mol. The molecule has 158 valence electrons. The fourth-order valence-corrected chi connectivity index (χ4v) is 4.99. The Morgan fingerprint density at radius 1 is 1.27 bits per heavy atom. The van der Waals surface area contributed by atoms with Crippen molar-refractivity contribution < 1.29 is 17.6 Å². The first kappa shape index (κ1) is 20.5. The number of anilines is 1. The van der Waals surface area contributed by atoms with E-state index < -0.39 is 10.0 Å². The van der Waals surface area contributed by atoms with Gasteiger partial charge in [-0.3, -0.25) is 9.10 Å². The third kappa shape index (κ3) is 3.29. The molecule has 8 heteroatoms. The van der Waals surface area contributed by atoms with Crippen LogP contribution in [0.1, 0.15) is 36.8 Å². The fraction of sp³-hybridized carbons (Fsp3) is 0.364. The molecule has 1 aliphatic carbocycles. The van der Waals surface area contributed by atoms with Crippen LogP contribution in [0.4, 0.5) is 15.8 Å². The first-order valence-electron chi connectivity index (χ1n) is 9.98. The molecule has 2 aromatic carbocycles. The molecule has 30 heavy (non-hydrogen) atoms. The smallest absolute Gasteiger partial charge is 0.317 e. The van der Waals surface area contributed by atoms with E-state index in [1.54, 1.807) is 37.6 Å². The molecule has 1 saturated carbocycles. The van der Waals surface area contributed by atoms with Crippen LogP contribution in [0.3, 0.4) is 0 Å². The number of sulfonamides is 1. The molecule has 4 rings (SSSR count). The maximum Gasteiger partial charge on any atom is 0.317 e. The number of benzene rings is 2. The van der Waals surface area contributed by atoms with Crippen LogP contribution in [0.25, 0.3) is 5.70 Å². The molecular formula is C22H25FN3O3S+. The minimum absolute atomic E-state index is 0.270. The number of halogens is 1. The third-order valence-electron chi connectivity index (χ3n) is 5.69. The second kappa shape index (κ2) is 7.19. The zero-order chi connectivity index (χ0) is 21.8. The Bertz CT molecular complexity index is 1300. The van der Waals surface area contributed by atoms with Crippen LogP contribution in [-0.2, 0) is 14.8 Å². The molecule has 0 atom stereocenters. The van der Waals surface area contributed by atoms with Gasteiger partial charge < -0.3 is 5.32 Å². The molecule has 1 fully saturated rings. The molecule has 1 amide bonds. The largest absolute Gasteiger partial charge is 0.350 e. The fourth-order valence-electron chi connectivity index (χ4n) is 4.01. The Kier molecular flexibility index (Phi) is 4.92. The lowest BCUT2D eigenvalue weighted by atomic mass is 10.0. The van der Waals surface area contributed by atoms with Crippen molar-refractivity contribution in [3.8, 4) is 0 Å². The Balaban J connectivity index is 2.03. The molecule has 0 aromatic heterocycles. The van der Waals surface area contributed by atoms with E-state index in [4.69, 9.17) is 0 Å². The summed E-state index contributed by atoms with van der Waals surface area (Å²) in [5.74, 6) is -0.343. The van der Waals surface area contributed by atoms with Gasteiger partial charge in [-0.25, -0.2) is 12.8 Å². The van der Waals surface area contributed by atoms with Crippen LogP contribution in [0.15, 0.2) is 30.3 Å². The number of aryl methyl sites for hydroxylation is 1. The van der Waals surface area contributed by atoms with Gasteiger partial charge in [0, 0.05) is 31.8 Å². The highest BCUT2D eigenvalue weighted by molar-refractivity contribution is 7.92. The van der Waals surface area contributed by atoms with Crippen molar-refractivity contribution in [3.63, 3.8) is 0 Å². The van der Waals surface area contributed by atoms with Crippen LogP contribution in [0, 0.1) is 12.7 Å². The molecule has 0 unspecified atom stereocenters. The highest BCUT2D eigenvalue weighted by Gasteiger charge is 2.38. The second-order valence-electron chi connectivity index (χ2n) is 7.83. The van der Waals surface area contributed by atoms with E-state index in [-0.39, 0.29) is 17.6 Å². The van der Waals surface area contributed by atoms with Crippen LogP contribution in [0.5, 0.6) is 0 Å². The SMILES string of the molecule is CCN(c1cc2c(cc1C1CC1)=C(C(=O)NC)[N+]=2c1ccc(C)c(F)c1)S(C)(=O)=O. The molecule has 0 bridgehead atoms. The number of hydrogen-bond acceptors (Lipinski definition) is 3. The number of nitrogens with zero attached hydrogens (tertiary/aromatic N) is 2. The topological polar surface area (TPSA) is 69.5 Å². The number of carbonyl (C=O) groups is 1. The minimum atomic E-state index is -3.46. The summed E-state index contributed by atoms with van der Waals surface area (Å²) in [6.45, 7) is 3.78. The summed E-state index contributed by atoms with van der Waals surface area (Å²) in [6.07, 6.45) is 3.19. The molecule has 1 N–H and O–H groups in total. The summed E-state index contributed by atoms with van der Waals surface area (Å²) >= 11 is 0. The number of likely N-dealkylation sites (N-methyl/N-ethyl adjacent to an activating group) is 1. The minimum Gasteiger partial charge on any atom is -0.350 e. The number of nitrogens with one attached hydrogen (secondary N) is 1. The summed E-state index contributed by atoms with van der Waals surface area (Å²) in [4.78, 5) is 12.6. The predicted octanol–water partition coefficient (Wildman–Crippen LogP) is 1.49. The number of carbonyl (C=O) groups excluding carboxylic acids is 1. The molecule has 1 aliphatic heterocycles. The Hall–Kier alpha value is -2.74. The molecule has 1 heterocycles. The van der Waals surface area contributed by atoms with Gasteiger partial charge in [0.25, 0.3) is 5.70 Å². The van der Waals surface area contributed by atoms with Crippen LogP contribution in [0.2, 0.25) is 0 Å². The maximum atomic E-state index is 14.3. The van der Waals surface area contributed by atoms with Crippen molar-refractivity contribution in [2.45, 2.75) is 32.6 Å². The molecule has 0 spiro atoms. The lowest BCUT2D eigenvalue weighted by Crippen LogP contribution is -2.54. The summed E-state index contributed by atoms with van der Waals surface area (Å²) in [5, 5.41) is 4.10. The van der Waals surface area contributed by atoms with Crippen LogP contribution in [-0.4, -0.2) is 34.2 Å². The number of rotatable bonds is 6. The van der Waals surface area contributed by atoms with Gasteiger partial charge in [-0.05, 0) is 55.9 Å². The van der Waals surface area contributed by atoms with Crippen molar-refractivity contribution in [1.82, 2.24) is 9.89 Å². The molecule has 6 nitrogen and oxygen atoms in total. The van der Waals surface area contributed by atoms with Gasteiger partial charge >= 0.3 is 5.91 Å².